The van der Waals surface area contributed by atoms with E-state index >= 15 is 0 Å². The van der Waals surface area contributed by atoms with Crippen molar-refractivity contribution < 1.29 is 24.5 Å². The Hall–Kier alpha value is -2.19. The van der Waals surface area contributed by atoms with E-state index in [2.05, 4.69) is 10.2 Å². The zero-order chi connectivity index (χ0) is 22.9. The van der Waals surface area contributed by atoms with Gasteiger partial charge in [0.05, 0.1) is 10.6 Å². The first-order chi connectivity index (χ1) is 15.3. The molecule has 0 aromatic heterocycles. The Balaban J connectivity index is 1.30. The first-order valence-corrected chi connectivity index (χ1v) is 11.3. The van der Waals surface area contributed by atoms with E-state index in [1.165, 1.54) is 19.2 Å². The van der Waals surface area contributed by atoms with Crippen LogP contribution in [0.1, 0.15) is 28.8 Å². The lowest BCUT2D eigenvalue weighted by Gasteiger charge is -2.39. The van der Waals surface area contributed by atoms with Crippen molar-refractivity contribution in [1.29, 1.82) is 0 Å². The number of benzene rings is 2. The monoisotopic (exact) mass is 480 g/mol. The number of β-amino-alcohol motifs (C(OH)–C–C–N with tert-alkyl or cyclic N) is 1. The van der Waals surface area contributed by atoms with Crippen molar-refractivity contribution in [2.24, 2.45) is 0 Å². The lowest BCUT2D eigenvalue weighted by Crippen LogP contribution is -2.49. The molecule has 1 fully saturated rings. The Labute approximate surface area is 196 Å². The maximum absolute atomic E-state index is 12.1. The highest BCUT2D eigenvalue weighted by atomic mass is 35.5. The Morgan fingerprint density at radius 2 is 2.03 bits per heavy atom. The lowest BCUT2D eigenvalue weighted by molar-refractivity contribution is -0.00200. The van der Waals surface area contributed by atoms with Gasteiger partial charge in [-0.3, -0.25) is 4.79 Å². The van der Waals surface area contributed by atoms with Crippen LogP contribution in [0.2, 0.25) is 10.0 Å². The van der Waals surface area contributed by atoms with Crippen molar-refractivity contribution in [3.05, 3.63) is 51.5 Å². The van der Waals surface area contributed by atoms with Gasteiger partial charge in [0.1, 0.15) is 35.6 Å². The number of phenols is 1. The van der Waals surface area contributed by atoms with Crippen molar-refractivity contribution >= 4 is 29.1 Å². The van der Waals surface area contributed by atoms with Gasteiger partial charge < -0.3 is 29.9 Å². The molecule has 32 heavy (non-hydrogen) atoms. The second-order valence-corrected chi connectivity index (χ2v) is 9.20. The fourth-order valence-electron chi connectivity index (χ4n) is 4.34. The number of fused-ring (bicyclic) bond motifs is 1. The van der Waals surface area contributed by atoms with Gasteiger partial charge in [-0.1, -0.05) is 23.2 Å². The van der Waals surface area contributed by atoms with E-state index in [0.29, 0.717) is 6.54 Å². The number of phenolic OH excluding ortho intramolecular Hbond substituents is 1. The Bertz CT molecular complexity index is 1010. The molecule has 2 aromatic rings. The van der Waals surface area contributed by atoms with Crippen LogP contribution in [0.4, 0.5) is 0 Å². The van der Waals surface area contributed by atoms with Gasteiger partial charge in [0.15, 0.2) is 0 Å². The van der Waals surface area contributed by atoms with Crippen LogP contribution in [0.5, 0.6) is 17.2 Å². The second kappa shape index (κ2) is 9.35. The summed E-state index contributed by atoms with van der Waals surface area (Å²) in [5, 5.41) is 23.6. The lowest BCUT2D eigenvalue weighted by atomic mass is 9.87. The van der Waals surface area contributed by atoms with Crippen LogP contribution in [-0.2, 0) is 6.42 Å². The smallest absolute Gasteiger partial charge is 0.254 e. The average Bonchev–Trinajstić information content (AvgIpc) is 3.12. The number of aliphatic hydroxyl groups excluding tert-OH is 1. The van der Waals surface area contributed by atoms with Gasteiger partial charge in [-0.2, -0.15) is 0 Å². The summed E-state index contributed by atoms with van der Waals surface area (Å²) in [6.45, 7) is 2.00. The molecular weight excluding hydrogens is 455 g/mol. The molecule has 2 aliphatic heterocycles. The van der Waals surface area contributed by atoms with E-state index in [-0.39, 0.29) is 34.3 Å². The zero-order valence-electron chi connectivity index (χ0n) is 17.7. The fraction of sp³-hybridized carbons (Fsp3) is 0.435. The summed E-state index contributed by atoms with van der Waals surface area (Å²) < 4.78 is 11.9. The van der Waals surface area contributed by atoms with E-state index in [9.17, 15) is 15.0 Å². The molecule has 0 radical (unpaired) electrons. The molecule has 2 heterocycles. The molecule has 0 saturated carbocycles. The predicted octanol–water partition coefficient (Wildman–Crippen LogP) is 3.27. The summed E-state index contributed by atoms with van der Waals surface area (Å²) >= 11 is 12.0. The van der Waals surface area contributed by atoms with Crippen LogP contribution in [0.15, 0.2) is 30.3 Å². The topological polar surface area (TPSA) is 91.3 Å². The van der Waals surface area contributed by atoms with Crippen LogP contribution >= 0.6 is 23.2 Å². The number of halogens is 2. The van der Waals surface area contributed by atoms with Gasteiger partial charge in [0.25, 0.3) is 5.91 Å². The third-order valence-electron chi connectivity index (χ3n) is 6.05. The van der Waals surface area contributed by atoms with Crippen molar-refractivity contribution in [3.8, 4) is 17.2 Å². The van der Waals surface area contributed by atoms with Crippen molar-refractivity contribution in [1.82, 2.24) is 10.2 Å². The summed E-state index contributed by atoms with van der Waals surface area (Å²) in [5.74, 6) is 0.494. The molecule has 172 valence electrons. The summed E-state index contributed by atoms with van der Waals surface area (Å²) in [5.41, 5.74) is 1.15. The number of piperidine rings is 1. The first kappa shape index (κ1) is 23.0. The van der Waals surface area contributed by atoms with Gasteiger partial charge in [-0.15, -0.1) is 0 Å². The number of amides is 1. The van der Waals surface area contributed by atoms with E-state index in [4.69, 9.17) is 32.7 Å². The Morgan fingerprint density at radius 3 is 2.75 bits per heavy atom. The minimum absolute atomic E-state index is 0.0207. The number of ether oxygens (including phenoxy) is 2. The van der Waals surface area contributed by atoms with Gasteiger partial charge in [0, 0.05) is 57.0 Å². The van der Waals surface area contributed by atoms with Crippen LogP contribution in [0.25, 0.3) is 0 Å². The van der Waals surface area contributed by atoms with Gasteiger partial charge in [-0.05, 0) is 29.8 Å². The number of aromatic hydroxyl groups is 1. The molecule has 1 unspecified atom stereocenters. The summed E-state index contributed by atoms with van der Waals surface area (Å²) in [6.07, 6.45) is 1.81. The van der Waals surface area contributed by atoms with Crippen molar-refractivity contribution in [2.75, 3.05) is 33.3 Å². The molecule has 2 aromatic carbocycles. The Kier molecular flexibility index (Phi) is 6.72. The molecule has 0 aliphatic carbocycles. The van der Waals surface area contributed by atoms with E-state index < -0.39 is 12.0 Å². The highest BCUT2D eigenvalue weighted by Crippen LogP contribution is 2.42. The summed E-state index contributed by atoms with van der Waals surface area (Å²) in [6, 6.07) is 8.38. The molecule has 9 heteroatoms. The second-order valence-electron chi connectivity index (χ2n) is 8.36. The molecule has 4 rings (SSSR count). The normalized spacial score (nSPS) is 18.1. The van der Waals surface area contributed by atoms with Crippen LogP contribution in [0.3, 0.4) is 0 Å². The molecule has 1 spiro atoms. The number of aliphatic hydroxyl groups is 1. The predicted molar refractivity (Wildman–Crippen MR) is 122 cm³/mol. The number of carbonyl (C=O) groups excluding carboxylic acids is 1. The van der Waals surface area contributed by atoms with E-state index in [1.807, 2.05) is 18.2 Å². The van der Waals surface area contributed by atoms with Gasteiger partial charge in [-0.25, -0.2) is 0 Å². The van der Waals surface area contributed by atoms with Crippen LogP contribution < -0.4 is 14.8 Å². The number of hydrogen-bond donors (Lipinski definition) is 3. The third-order valence-corrected chi connectivity index (χ3v) is 6.59. The minimum Gasteiger partial charge on any atom is -0.506 e. The van der Waals surface area contributed by atoms with E-state index in [1.54, 1.807) is 0 Å². The number of nitrogens with one attached hydrogen (secondary N) is 1. The standard InChI is InChI=1S/C23H26Cl2N2O5/c1-26-22(30)17-9-18(25)19(29)10-21(17)31-13-16(28)12-27-6-4-23(5-7-27)11-14-8-15(24)2-3-20(14)32-23/h2-3,8-10,16,28-29H,4-7,11-13H2,1H3,(H,26,30). The van der Waals surface area contributed by atoms with Crippen LogP contribution in [-0.4, -0.2) is 66.0 Å². The zero-order valence-corrected chi connectivity index (χ0v) is 19.2. The number of carbonyl (C=O) groups is 1. The van der Waals surface area contributed by atoms with Crippen molar-refractivity contribution in [2.45, 2.75) is 31.0 Å². The Morgan fingerprint density at radius 1 is 1.28 bits per heavy atom. The molecule has 1 amide bonds. The van der Waals surface area contributed by atoms with Crippen LogP contribution in [0, 0.1) is 0 Å². The maximum Gasteiger partial charge on any atom is 0.254 e. The highest BCUT2D eigenvalue weighted by Gasteiger charge is 2.42. The molecule has 2 aliphatic rings. The largest absolute Gasteiger partial charge is 0.506 e. The number of likely N-dealkylation sites (tertiary alicyclic amines) is 1. The molecule has 7 nitrogen and oxygen atoms in total. The minimum atomic E-state index is -0.764. The SMILES string of the molecule is CNC(=O)c1cc(Cl)c(O)cc1OCC(O)CN1CCC2(CC1)Cc1cc(Cl)ccc1O2. The highest BCUT2D eigenvalue weighted by molar-refractivity contribution is 6.32. The first-order valence-electron chi connectivity index (χ1n) is 10.5. The quantitative estimate of drug-likeness (QED) is 0.587. The summed E-state index contributed by atoms with van der Waals surface area (Å²) in [4.78, 5) is 14.2. The van der Waals surface area contributed by atoms with Crippen molar-refractivity contribution in [3.63, 3.8) is 0 Å². The van der Waals surface area contributed by atoms with Gasteiger partial charge >= 0.3 is 0 Å². The molecule has 0 bridgehead atoms. The fourth-order valence-corrected chi connectivity index (χ4v) is 4.69. The molecule has 3 N–H and O–H groups in total. The molecule has 1 atom stereocenters. The van der Waals surface area contributed by atoms with Gasteiger partial charge in [0.2, 0.25) is 0 Å². The number of hydrogen-bond acceptors (Lipinski definition) is 6. The average molecular weight is 481 g/mol. The third kappa shape index (κ3) is 4.91. The summed E-state index contributed by atoms with van der Waals surface area (Å²) in [7, 11) is 1.49. The number of nitrogens with zero attached hydrogens (tertiary/aromatic N) is 1. The molecular formula is C23H26Cl2N2O5. The number of rotatable bonds is 6. The molecule has 1 saturated heterocycles. The van der Waals surface area contributed by atoms with E-state index in [0.717, 1.165) is 48.7 Å². The maximum atomic E-state index is 12.1.